The third kappa shape index (κ3) is 4.63. The highest BCUT2D eigenvalue weighted by Gasteiger charge is 2.38. The minimum Gasteiger partial charge on any atom is -0.371 e. The van der Waals surface area contributed by atoms with Crippen molar-refractivity contribution in [2.45, 2.75) is 43.8 Å². The first-order chi connectivity index (χ1) is 19.2. The van der Waals surface area contributed by atoms with Gasteiger partial charge in [0.25, 0.3) is 5.91 Å². The molecule has 2 fully saturated rings. The van der Waals surface area contributed by atoms with Gasteiger partial charge in [-0.2, -0.15) is 13.2 Å². The number of hydrogen-bond acceptors (Lipinski definition) is 6. The van der Waals surface area contributed by atoms with Crippen molar-refractivity contribution in [1.82, 2.24) is 24.3 Å². The molecule has 2 aliphatic rings. The van der Waals surface area contributed by atoms with E-state index in [1.54, 1.807) is 37.5 Å². The summed E-state index contributed by atoms with van der Waals surface area (Å²) in [5, 5.41) is 5.55. The van der Waals surface area contributed by atoms with Crippen LogP contribution in [0.4, 0.5) is 24.8 Å². The first kappa shape index (κ1) is 25.8. The third-order valence-corrected chi connectivity index (χ3v) is 7.65. The number of anilines is 2. The van der Waals surface area contributed by atoms with Crippen LogP contribution >= 0.6 is 0 Å². The maximum Gasteiger partial charge on any atom is 0.416 e. The molecule has 5 heterocycles. The first-order valence-corrected chi connectivity index (χ1v) is 13.0. The monoisotopic (exact) mass is 549 g/mol. The topological polar surface area (TPSA) is 105 Å². The van der Waals surface area contributed by atoms with Gasteiger partial charge >= 0.3 is 6.18 Å². The van der Waals surface area contributed by atoms with Crippen LogP contribution in [0.25, 0.3) is 16.8 Å². The van der Waals surface area contributed by atoms with Crippen molar-refractivity contribution in [2.24, 2.45) is 0 Å². The molecule has 9 nitrogen and oxygen atoms in total. The maximum absolute atomic E-state index is 13.0. The molecule has 2 unspecified atom stereocenters. The molecule has 2 amide bonds. The molecule has 3 aromatic heterocycles. The van der Waals surface area contributed by atoms with Crippen LogP contribution < -0.4 is 10.6 Å². The van der Waals surface area contributed by atoms with Gasteiger partial charge in [0.05, 0.1) is 5.56 Å². The molecule has 0 aliphatic carbocycles. The third-order valence-electron chi connectivity index (χ3n) is 7.65. The number of amides is 2. The van der Waals surface area contributed by atoms with Gasteiger partial charge in [-0.05, 0) is 43.5 Å². The van der Waals surface area contributed by atoms with E-state index in [1.807, 2.05) is 15.5 Å². The molecule has 0 radical (unpaired) electrons. The van der Waals surface area contributed by atoms with Gasteiger partial charge in [-0.25, -0.2) is 15.0 Å². The molecular formula is C28H26F3N7O2. The van der Waals surface area contributed by atoms with Gasteiger partial charge in [0, 0.05) is 61.7 Å². The van der Waals surface area contributed by atoms with E-state index in [2.05, 4.69) is 20.6 Å². The van der Waals surface area contributed by atoms with E-state index in [-0.39, 0.29) is 23.2 Å². The molecular weight excluding hydrogens is 523 g/mol. The molecule has 6 rings (SSSR count). The minimum absolute atomic E-state index is 0.0664. The molecule has 206 valence electrons. The van der Waals surface area contributed by atoms with Crippen LogP contribution in [-0.2, 0) is 11.0 Å². The number of nitrogens with one attached hydrogen (secondary N) is 2. The Labute approximate surface area is 227 Å². The summed E-state index contributed by atoms with van der Waals surface area (Å²) in [7, 11) is 1.78. The fraction of sp³-hybridized carbons (Fsp3) is 0.321. The Balaban J connectivity index is 1.30. The number of halogens is 3. The number of nitrogens with zero attached hydrogens (tertiary/aromatic N) is 5. The highest BCUT2D eigenvalue weighted by atomic mass is 19.4. The van der Waals surface area contributed by atoms with Crippen molar-refractivity contribution in [2.75, 3.05) is 24.2 Å². The Morgan fingerprint density at radius 2 is 1.85 bits per heavy atom. The molecule has 0 bridgehead atoms. The predicted octanol–water partition coefficient (Wildman–Crippen LogP) is 4.97. The molecule has 0 saturated carbocycles. The number of fused-ring (bicyclic) bond motifs is 2. The Kier molecular flexibility index (Phi) is 6.40. The zero-order valence-corrected chi connectivity index (χ0v) is 21.6. The smallest absolute Gasteiger partial charge is 0.371 e. The summed E-state index contributed by atoms with van der Waals surface area (Å²) < 4.78 is 41.1. The van der Waals surface area contributed by atoms with Gasteiger partial charge < -0.3 is 15.5 Å². The zero-order valence-electron chi connectivity index (χ0n) is 21.6. The van der Waals surface area contributed by atoms with Crippen LogP contribution in [0.15, 0.2) is 55.0 Å². The van der Waals surface area contributed by atoms with E-state index < -0.39 is 17.6 Å². The lowest BCUT2D eigenvalue weighted by Crippen LogP contribution is -2.41. The molecule has 4 aromatic rings. The van der Waals surface area contributed by atoms with E-state index >= 15 is 0 Å². The second-order valence-corrected chi connectivity index (χ2v) is 10.0. The van der Waals surface area contributed by atoms with Gasteiger partial charge in [0.1, 0.15) is 22.9 Å². The van der Waals surface area contributed by atoms with E-state index in [0.717, 1.165) is 54.5 Å². The number of rotatable bonds is 5. The van der Waals surface area contributed by atoms with Crippen molar-refractivity contribution in [1.29, 1.82) is 0 Å². The SMILES string of the molecule is CNc1nccn2c(C3CCC4CCC(=O)N4C3)nc(-c3ccc(C(=O)Nc4cc(C(F)(F)F)ccn4)cc3)c12. The largest absolute Gasteiger partial charge is 0.416 e. The number of carbonyl (C=O) groups is 2. The summed E-state index contributed by atoms with van der Waals surface area (Å²) >= 11 is 0. The Morgan fingerprint density at radius 3 is 2.60 bits per heavy atom. The Morgan fingerprint density at radius 1 is 1.05 bits per heavy atom. The van der Waals surface area contributed by atoms with Crippen molar-refractivity contribution in [3.63, 3.8) is 0 Å². The van der Waals surface area contributed by atoms with Gasteiger partial charge in [0.2, 0.25) is 5.91 Å². The molecule has 12 heteroatoms. The first-order valence-electron chi connectivity index (χ1n) is 13.0. The van der Waals surface area contributed by atoms with Crippen LogP contribution in [0.2, 0.25) is 0 Å². The molecule has 0 spiro atoms. The molecule has 1 aromatic carbocycles. The fourth-order valence-corrected chi connectivity index (χ4v) is 5.66. The highest BCUT2D eigenvalue weighted by Crippen LogP contribution is 2.38. The summed E-state index contributed by atoms with van der Waals surface area (Å²) in [5.74, 6) is 0.973. The van der Waals surface area contributed by atoms with E-state index in [1.165, 1.54) is 0 Å². The number of hydrogen-bond donors (Lipinski definition) is 2. The van der Waals surface area contributed by atoms with Gasteiger partial charge in [-0.1, -0.05) is 12.1 Å². The van der Waals surface area contributed by atoms with E-state index in [9.17, 15) is 22.8 Å². The van der Waals surface area contributed by atoms with Crippen LogP contribution in [0.1, 0.15) is 53.3 Å². The number of alkyl halides is 3. The number of piperidine rings is 1. The molecule has 2 atom stereocenters. The second-order valence-electron chi connectivity index (χ2n) is 10.0. The maximum atomic E-state index is 13.0. The summed E-state index contributed by atoms with van der Waals surface area (Å²) in [5.41, 5.74) is 1.55. The van der Waals surface area contributed by atoms with Gasteiger partial charge in [-0.15, -0.1) is 0 Å². The van der Waals surface area contributed by atoms with Crippen LogP contribution in [0, 0.1) is 0 Å². The van der Waals surface area contributed by atoms with Crippen molar-refractivity contribution in [3.8, 4) is 11.3 Å². The molecule has 2 N–H and O–H groups in total. The normalized spacial score (nSPS) is 19.1. The van der Waals surface area contributed by atoms with Crippen LogP contribution in [-0.4, -0.2) is 55.7 Å². The van der Waals surface area contributed by atoms with Crippen molar-refractivity contribution in [3.05, 3.63) is 71.9 Å². The summed E-state index contributed by atoms with van der Waals surface area (Å²) in [6, 6.07) is 8.62. The summed E-state index contributed by atoms with van der Waals surface area (Å²) in [6.07, 6.45) is 3.41. The lowest BCUT2D eigenvalue weighted by molar-refractivity contribution is -0.137. The fourth-order valence-electron chi connectivity index (χ4n) is 5.66. The van der Waals surface area contributed by atoms with Gasteiger partial charge in [0.15, 0.2) is 5.82 Å². The number of carbonyl (C=O) groups excluding carboxylic acids is 2. The number of benzene rings is 1. The lowest BCUT2D eigenvalue weighted by atomic mass is 9.92. The van der Waals surface area contributed by atoms with Gasteiger partial charge in [-0.3, -0.25) is 14.0 Å². The minimum atomic E-state index is -4.54. The van der Waals surface area contributed by atoms with E-state index in [4.69, 9.17) is 4.98 Å². The zero-order chi connectivity index (χ0) is 28.0. The number of imidazole rings is 1. The molecule has 40 heavy (non-hydrogen) atoms. The van der Waals surface area contributed by atoms with Crippen LogP contribution in [0.5, 0.6) is 0 Å². The number of aromatic nitrogens is 4. The molecule has 2 saturated heterocycles. The number of pyridine rings is 1. The average molecular weight is 550 g/mol. The Hall–Kier alpha value is -4.48. The summed E-state index contributed by atoms with van der Waals surface area (Å²) in [6.45, 7) is 0.627. The quantitative estimate of drug-likeness (QED) is 0.364. The second kappa shape index (κ2) is 9.92. The highest BCUT2D eigenvalue weighted by molar-refractivity contribution is 6.04. The van der Waals surface area contributed by atoms with Crippen LogP contribution in [0.3, 0.4) is 0 Å². The predicted molar refractivity (Wildman–Crippen MR) is 142 cm³/mol. The summed E-state index contributed by atoms with van der Waals surface area (Å²) in [4.78, 5) is 40.5. The lowest BCUT2D eigenvalue weighted by Gasteiger charge is -2.34. The van der Waals surface area contributed by atoms with E-state index in [0.29, 0.717) is 30.5 Å². The standard InChI is InChI=1S/C28H26F3N7O2/c1-32-25-24-23(36-26(37(24)13-12-34-25)18-6-7-20-8-9-22(39)38(20)15-18)16-2-4-17(5-3-16)27(40)35-21-14-19(10-11-33-21)28(29,30)31/h2-5,10-14,18,20H,6-9,15H2,1H3,(H,32,34)(H,33,35,40). The Bertz CT molecular complexity index is 1600. The molecule has 2 aliphatic heterocycles. The average Bonchev–Trinajstić information content (AvgIpc) is 3.53. The van der Waals surface area contributed by atoms with Crippen molar-refractivity contribution >= 4 is 29.0 Å². The van der Waals surface area contributed by atoms with Crippen molar-refractivity contribution < 1.29 is 22.8 Å².